The largest absolute Gasteiger partial charge is 0.462 e. The third-order valence-electron chi connectivity index (χ3n) is 6.90. The summed E-state index contributed by atoms with van der Waals surface area (Å²) in [7, 11) is 0. The number of aliphatic hydroxyl groups excluding tert-OH is 4. The minimum atomic E-state index is -1.50. The van der Waals surface area contributed by atoms with E-state index < -0.39 is 37.3 Å². The van der Waals surface area contributed by atoms with Crippen LogP contribution < -0.4 is 10.1 Å². The molecule has 38 heavy (non-hydrogen) atoms. The maximum absolute atomic E-state index is 12.3. The molecular formula is C30H49NO7. The van der Waals surface area contributed by atoms with Crippen molar-refractivity contribution in [3.05, 3.63) is 36.4 Å². The van der Waals surface area contributed by atoms with Gasteiger partial charge in [-0.05, 0) is 49.9 Å². The van der Waals surface area contributed by atoms with Gasteiger partial charge in [-0.25, -0.2) is 0 Å². The SMILES string of the molecule is CCCC/C=C\CCCCCCCCCCCC(=O)Nc1ccc(O[C@@H]2O[C@H](CO)[C@@H](O)[C@H](O)[C@H]2O)cc1. The first-order valence-electron chi connectivity index (χ1n) is 14.5. The lowest BCUT2D eigenvalue weighted by Crippen LogP contribution is -2.60. The van der Waals surface area contributed by atoms with Crippen LogP contribution in [0.5, 0.6) is 5.75 Å². The fourth-order valence-electron chi connectivity index (χ4n) is 4.48. The molecule has 1 aromatic carbocycles. The Morgan fingerprint density at radius 3 is 2.03 bits per heavy atom. The second-order valence-corrected chi connectivity index (χ2v) is 10.2. The van der Waals surface area contributed by atoms with Gasteiger partial charge in [-0.2, -0.15) is 0 Å². The number of anilines is 1. The monoisotopic (exact) mass is 535 g/mol. The fraction of sp³-hybridized carbons (Fsp3) is 0.700. The lowest BCUT2D eigenvalue weighted by molar-refractivity contribution is -0.277. The van der Waals surface area contributed by atoms with Crippen LogP contribution in [0.25, 0.3) is 0 Å². The number of allylic oxidation sites excluding steroid dienone is 2. The summed E-state index contributed by atoms with van der Waals surface area (Å²) in [5.41, 5.74) is 0.632. The summed E-state index contributed by atoms with van der Waals surface area (Å²) in [4.78, 5) is 12.3. The van der Waals surface area contributed by atoms with E-state index in [-0.39, 0.29) is 5.91 Å². The van der Waals surface area contributed by atoms with Crippen molar-refractivity contribution in [1.82, 2.24) is 0 Å². The van der Waals surface area contributed by atoms with Crippen LogP contribution in [0.3, 0.4) is 0 Å². The zero-order valence-corrected chi connectivity index (χ0v) is 23.0. The van der Waals surface area contributed by atoms with E-state index in [2.05, 4.69) is 24.4 Å². The summed E-state index contributed by atoms with van der Waals surface area (Å²) in [5, 5.41) is 42.0. The quantitative estimate of drug-likeness (QED) is 0.127. The molecule has 8 nitrogen and oxygen atoms in total. The van der Waals surface area contributed by atoms with Gasteiger partial charge < -0.3 is 35.2 Å². The summed E-state index contributed by atoms with van der Waals surface area (Å²) < 4.78 is 10.9. The first-order valence-corrected chi connectivity index (χ1v) is 14.5. The molecular weight excluding hydrogens is 486 g/mol. The molecule has 0 bridgehead atoms. The van der Waals surface area contributed by atoms with Gasteiger partial charge in [-0.1, -0.05) is 76.9 Å². The number of carbonyl (C=O) groups excluding carboxylic acids is 1. The van der Waals surface area contributed by atoms with Crippen LogP contribution in [0.1, 0.15) is 96.8 Å². The van der Waals surface area contributed by atoms with E-state index in [0.29, 0.717) is 17.9 Å². The van der Waals surface area contributed by atoms with Gasteiger partial charge in [0.25, 0.3) is 0 Å². The number of amides is 1. The number of benzene rings is 1. The molecule has 0 saturated carbocycles. The Kier molecular flexibility index (Phi) is 16.2. The summed E-state index contributed by atoms with van der Waals surface area (Å²) in [6.07, 6.45) is 14.3. The zero-order valence-electron chi connectivity index (χ0n) is 23.0. The molecule has 1 aliphatic rings. The Bertz CT molecular complexity index is 783. The zero-order chi connectivity index (χ0) is 27.6. The molecule has 0 radical (unpaired) electrons. The number of rotatable bonds is 19. The third kappa shape index (κ3) is 12.3. The minimum Gasteiger partial charge on any atom is -0.462 e. The highest BCUT2D eigenvalue weighted by Gasteiger charge is 2.44. The molecule has 2 rings (SSSR count). The fourth-order valence-corrected chi connectivity index (χ4v) is 4.48. The molecule has 8 heteroatoms. The Morgan fingerprint density at radius 1 is 0.842 bits per heavy atom. The lowest BCUT2D eigenvalue weighted by Gasteiger charge is -2.39. The van der Waals surface area contributed by atoms with Gasteiger partial charge in [0.15, 0.2) is 0 Å². The molecule has 0 aliphatic carbocycles. The van der Waals surface area contributed by atoms with E-state index in [4.69, 9.17) is 9.47 Å². The standard InChI is InChI=1S/C30H49NO7/c1-2-3-4-5-6-7-8-9-10-11-12-13-14-15-16-17-26(33)31-23-18-20-24(21-19-23)37-30-29(36)28(35)27(34)25(22-32)38-30/h5-6,18-21,25,27-30,32,34-36H,2-4,7-17,22H2,1H3,(H,31,33)/b6-5-/t25-,27-,28+,29-,30-/m1/s1. The number of hydrogen-bond donors (Lipinski definition) is 5. The summed E-state index contributed by atoms with van der Waals surface area (Å²) >= 11 is 0. The molecule has 1 aliphatic heterocycles. The van der Waals surface area contributed by atoms with Crippen LogP contribution in [-0.4, -0.2) is 63.6 Å². The van der Waals surface area contributed by atoms with E-state index in [9.17, 15) is 25.2 Å². The number of nitrogens with one attached hydrogen (secondary N) is 1. The van der Waals surface area contributed by atoms with Gasteiger partial charge in [0.1, 0.15) is 30.2 Å². The van der Waals surface area contributed by atoms with Crippen molar-refractivity contribution >= 4 is 11.6 Å². The molecule has 1 heterocycles. The minimum absolute atomic E-state index is 0.0312. The van der Waals surface area contributed by atoms with E-state index in [1.165, 1.54) is 64.2 Å². The average Bonchev–Trinajstić information content (AvgIpc) is 2.92. The number of ether oxygens (including phenoxy) is 2. The second kappa shape index (κ2) is 19.1. The van der Waals surface area contributed by atoms with Crippen LogP contribution >= 0.6 is 0 Å². The van der Waals surface area contributed by atoms with Crippen LogP contribution in [0.4, 0.5) is 5.69 Å². The summed E-state index contributed by atoms with van der Waals surface area (Å²) in [6, 6.07) is 6.59. The molecule has 1 fully saturated rings. The maximum Gasteiger partial charge on any atom is 0.229 e. The topological polar surface area (TPSA) is 128 Å². The Hall–Kier alpha value is -1.97. The first kappa shape index (κ1) is 32.2. The lowest BCUT2D eigenvalue weighted by atomic mass is 9.99. The molecule has 0 aromatic heterocycles. The normalized spacial score (nSPS) is 23.6. The van der Waals surface area contributed by atoms with Crippen LogP contribution in [0, 0.1) is 0 Å². The van der Waals surface area contributed by atoms with E-state index >= 15 is 0 Å². The number of aliphatic hydroxyl groups is 4. The predicted molar refractivity (Wildman–Crippen MR) is 149 cm³/mol. The van der Waals surface area contributed by atoms with Crippen LogP contribution in [0.2, 0.25) is 0 Å². The Labute approximate surface area is 228 Å². The number of hydrogen-bond acceptors (Lipinski definition) is 7. The number of unbranched alkanes of at least 4 members (excludes halogenated alkanes) is 11. The Balaban J connectivity index is 1.51. The first-order chi connectivity index (χ1) is 18.5. The highest BCUT2D eigenvalue weighted by molar-refractivity contribution is 5.90. The van der Waals surface area contributed by atoms with E-state index in [1.807, 2.05) is 0 Å². The van der Waals surface area contributed by atoms with Gasteiger partial charge in [-0.15, -0.1) is 0 Å². The molecule has 1 saturated heterocycles. The molecule has 0 spiro atoms. The molecule has 1 amide bonds. The van der Waals surface area contributed by atoms with Gasteiger partial charge >= 0.3 is 0 Å². The van der Waals surface area contributed by atoms with Crippen molar-refractivity contribution in [2.24, 2.45) is 0 Å². The van der Waals surface area contributed by atoms with Crippen LogP contribution in [0.15, 0.2) is 36.4 Å². The highest BCUT2D eigenvalue weighted by atomic mass is 16.7. The molecule has 5 N–H and O–H groups in total. The summed E-state index contributed by atoms with van der Waals surface area (Å²) in [6.45, 7) is 1.71. The highest BCUT2D eigenvalue weighted by Crippen LogP contribution is 2.25. The summed E-state index contributed by atoms with van der Waals surface area (Å²) in [5.74, 6) is 0.322. The molecule has 216 valence electrons. The van der Waals surface area contributed by atoms with Crippen LogP contribution in [-0.2, 0) is 9.53 Å². The molecule has 5 atom stereocenters. The predicted octanol–water partition coefficient (Wildman–Crippen LogP) is 4.84. The molecule has 1 aromatic rings. The van der Waals surface area contributed by atoms with Crippen molar-refractivity contribution in [2.45, 2.75) is 128 Å². The average molecular weight is 536 g/mol. The van der Waals surface area contributed by atoms with Crippen molar-refractivity contribution in [3.63, 3.8) is 0 Å². The molecule has 0 unspecified atom stereocenters. The smallest absolute Gasteiger partial charge is 0.229 e. The Morgan fingerprint density at radius 2 is 1.42 bits per heavy atom. The van der Waals surface area contributed by atoms with Gasteiger partial charge in [0.2, 0.25) is 12.2 Å². The van der Waals surface area contributed by atoms with Crippen molar-refractivity contribution < 1.29 is 34.7 Å². The number of carbonyl (C=O) groups is 1. The van der Waals surface area contributed by atoms with Gasteiger partial charge in [0, 0.05) is 12.1 Å². The van der Waals surface area contributed by atoms with Crippen molar-refractivity contribution in [1.29, 1.82) is 0 Å². The van der Waals surface area contributed by atoms with Gasteiger partial charge in [-0.3, -0.25) is 4.79 Å². The van der Waals surface area contributed by atoms with Crippen molar-refractivity contribution in [2.75, 3.05) is 11.9 Å². The third-order valence-corrected chi connectivity index (χ3v) is 6.90. The van der Waals surface area contributed by atoms with Crippen molar-refractivity contribution in [3.8, 4) is 5.75 Å². The second-order valence-electron chi connectivity index (χ2n) is 10.2. The van der Waals surface area contributed by atoms with E-state index in [1.54, 1.807) is 24.3 Å². The maximum atomic E-state index is 12.3. The van der Waals surface area contributed by atoms with Gasteiger partial charge in [0.05, 0.1) is 6.61 Å². The van der Waals surface area contributed by atoms with E-state index in [0.717, 1.165) is 19.3 Å².